The maximum Gasteiger partial charge on any atom is 0.260 e. The van der Waals surface area contributed by atoms with Crippen LogP contribution in [0.1, 0.15) is 34.2 Å². The van der Waals surface area contributed by atoms with Crippen LogP contribution in [0.15, 0.2) is 42.6 Å². The summed E-state index contributed by atoms with van der Waals surface area (Å²) < 4.78 is 3.55. The van der Waals surface area contributed by atoms with E-state index in [2.05, 4.69) is 27.6 Å². The highest BCUT2D eigenvalue weighted by Gasteiger charge is 2.17. The molecule has 2 aromatic heterocycles. The Bertz CT molecular complexity index is 848. The fraction of sp³-hybridized carbons (Fsp3) is 0.278. The molecule has 0 aliphatic rings. The second-order valence-electron chi connectivity index (χ2n) is 5.75. The summed E-state index contributed by atoms with van der Waals surface area (Å²) >= 11 is 0. The number of aryl methyl sites for hydroxylation is 2. The molecular weight excluding hydrogens is 302 g/mol. The van der Waals surface area contributed by atoms with Crippen LogP contribution >= 0.6 is 0 Å². The zero-order valence-electron chi connectivity index (χ0n) is 14.2. The summed E-state index contributed by atoms with van der Waals surface area (Å²) in [6.45, 7) is 4.58. The van der Waals surface area contributed by atoms with Gasteiger partial charge in [-0.25, -0.2) is 0 Å². The molecule has 6 heteroatoms. The molecule has 0 saturated heterocycles. The number of nitrogens with one attached hydrogen (secondary N) is 1. The number of aromatic nitrogens is 4. The molecule has 24 heavy (non-hydrogen) atoms. The van der Waals surface area contributed by atoms with Crippen molar-refractivity contribution >= 4 is 11.7 Å². The first kappa shape index (κ1) is 16.0. The van der Waals surface area contributed by atoms with E-state index in [0.29, 0.717) is 17.9 Å². The average molecular weight is 323 g/mol. The normalized spacial score (nSPS) is 10.8. The third-order valence-electron chi connectivity index (χ3n) is 3.95. The van der Waals surface area contributed by atoms with Crippen molar-refractivity contribution in [1.29, 1.82) is 0 Å². The third-order valence-corrected chi connectivity index (χ3v) is 3.95. The van der Waals surface area contributed by atoms with Crippen LogP contribution in [0.3, 0.4) is 0 Å². The third kappa shape index (κ3) is 3.22. The highest BCUT2D eigenvalue weighted by atomic mass is 16.1. The van der Waals surface area contributed by atoms with Gasteiger partial charge in [-0.1, -0.05) is 37.3 Å². The molecule has 6 nitrogen and oxygen atoms in total. The topological polar surface area (TPSA) is 64.7 Å². The van der Waals surface area contributed by atoms with Gasteiger partial charge >= 0.3 is 0 Å². The average Bonchev–Trinajstić information content (AvgIpc) is 3.11. The largest absolute Gasteiger partial charge is 0.307 e. The minimum Gasteiger partial charge on any atom is -0.307 e. The number of amides is 1. The smallest absolute Gasteiger partial charge is 0.260 e. The second kappa shape index (κ2) is 6.70. The van der Waals surface area contributed by atoms with Crippen molar-refractivity contribution in [3.8, 4) is 0 Å². The molecule has 1 aromatic carbocycles. The number of carbonyl (C=O) groups excluding carboxylic acids is 1. The number of rotatable bonds is 5. The summed E-state index contributed by atoms with van der Waals surface area (Å²) in [5.41, 5.74) is 3.55. The molecule has 3 rings (SSSR count). The zero-order chi connectivity index (χ0) is 17.1. The van der Waals surface area contributed by atoms with Gasteiger partial charge in [-0.2, -0.15) is 10.2 Å². The fourth-order valence-electron chi connectivity index (χ4n) is 2.78. The molecule has 0 unspecified atom stereocenters. The maximum atomic E-state index is 12.6. The second-order valence-corrected chi connectivity index (χ2v) is 5.75. The molecule has 0 bridgehead atoms. The SMILES string of the molecule is CCc1c(C(=O)Nc2cc(C)nn2C)cnn1Cc1ccccc1. The van der Waals surface area contributed by atoms with Crippen LogP contribution in [0.2, 0.25) is 0 Å². The monoisotopic (exact) mass is 323 g/mol. The predicted octanol–water partition coefficient (Wildman–Crippen LogP) is 2.79. The molecule has 0 aliphatic heterocycles. The van der Waals surface area contributed by atoms with Gasteiger partial charge in [0, 0.05) is 13.1 Å². The molecule has 0 radical (unpaired) electrons. The number of nitrogens with zero attached hydrogens (tertiary/aromatic N) is 4. The van der Waals surface area contributed by atoms with E-state index in [1.165, 1.54) is 0 Å². The van der Waals surface area contributed by atoms with Crippen molar-refractivity contribution in [3.63, 3.8) is 0 Å². The fourth-order valence-corrected chi connectivity index (χ4v) is 2.78. The standard InChI is InChI=1S/C18H21N5O/c1-4-16-15(18(24)20-17-10-13(2)21-22(17)3)11-19-23(16)12-14-8-6-5-7-9-14/h5-11H,4,12H2,1-3H3,(H,20,24). The number of hydrogen-bond acceptors (Lipinski definition) is 3. The summed E-state index contributed by atoms with van der Waals surface area (Å²) in [5.74, 6) is 0.518. The Labute approximate surface area is 141 Å². The molecule has 2 heterocycles. The van der Waals surface area contributed by atoms with Crippen LogP contribution in [0.4, 0.5) is 5.82 Å². The van der Waals surface area contributed by atoms with Crippen molar-refractivity contribution in [1.82, 2.24) is 19.6 Å². The van der Waals surface area contributed by atoms with Gasteiger partial charge in [-0.3, -0.25) is 14.2 Å². The predicted molar refractivity (Wildman–Crippen MR) is 93.0 cm³/mol. The molecule has 0 aliphatic carbocycles. The number of anilines is 1. The number of hydrogen-bond donors (Lipinski definition) is 1. The molecule has 124 valence electrons. The van der Waals surface area contributed by atoms with Crippen LogP contribution in [-0.2, 0) is 20.0 Å². The van der Waals surface area contributed by atoms with Gasteiger partial charge in [-0.05, 0) is 18.9 Å². The summed E-state index contributed by atoms with van der Waals surface area (Å²) in [6.07, 6.45) is 2.38. The highest BCUT2D eigenvalue weighted by Crippen LogP contribution is 2.15. The van der Waals surface area contributed by atoms with Crippen molar-refractivity contribution in [3.05, 3.63) is 65.1 Å². The summed E-state index contributed by atoms with van der Waals surface area (Å²) in [6, 6.07) is 11.9. The van der Waals surface area contributed by atoms with E-state index < -0.39 is 0 Å². The van der Waals surface area contributed by atoms with Crippen LogP contribution in [0.5, 0.6) is 0 Å². The van der Waals surface area contributed by atoms with Gasteiger partial charge in [-0.15, -0.1) is 0 Å². The van der Waals surface area contributed by atoms with Crippen LogP contribution in [0.25, 0.3) is 0 Å². The van der Waals surface area contributed by atoms with Gasteiger partial charge in [0.25, 0.3) is 5.91 Å². The first-order valence-corrected chi connectivity index (χ1v) is 7.99. The molecule has 1 amide bonds. The minimum absolute atomic E-state index is 0.158. The van der Waals surface area contributed by atoms with Crippen molar-refractivity contribution in [2.45, 2.75) is 26.8 Å². The van der Waals surface area contributed by atoms with E-state index in [0.717, 1.165) is 23.4 Å². The first-order valence-electron chi connectivity index (χ1n) is 7.99. The molecule has 3 aromatic rings. The lowest BCUT2D eigenvalue weighted by atomic mass is 10.1. The molecular formula is C18H21N5O. The summed E-state index contributed by atoms with van der Waals surface area (Å²) in [4.78, 5) is 12.6. The van der Waals surface area contributed by atoms with Gasteiger partial charge in [0.2, 0.25) is 0 Å². The number of carbonyl (C=O) groups is 1. The Kier molecular flexibility index (Phi) is 4.46. The Hall–Kier alpha value is -2.89. The quantitative estimate of drug-likeness (QED) is 0.785. The Morgan fingerprint density at radius 1 is 1.25 bits per heavy atom. The lowest BCUT2D eigenvalue weighted by Gasteiger charge is -2.09. The lowest BCUT2D eigenvalue weighted by Crippen LogP contribution is -2.16. The summed E-state index contributed by atoms with van der Waals surface area (Å²) in [5, 5.41) is 11.6. The zero-order valence-corrected chi connectivity index (χ0v) is 14.2. The molecule has 1 N–H and O–H groups in total. The first-order chi connectivity index (χ1) is 11.6. The van der Waals surface area contributed by atoms with Gasteiger partial charge in [0.1, 0.15) is 5.82 Å². The van der Waals surface area contributed by atoms with Crippen LogP contribution < -0.4 is 5.32 Å². The Balaban J connectivity index is 1.83. The molecule has 0 fully saturated rings. The molecule has 0 atom stereocenters. The van der Waals surface area contributed by atoms with Crippen molar-refractivity contribution in [2.24, 2.45) is 7.05 Å². The van der Waals surface area contributed by atoms with Gasteiger partial charge in [0.15, 0.2) is 0 Å². The Morgan fingerprint density at radius 3 is 2.62 bits per heavy atom. The van der Waals surface area contributed by atoms with Gasteiger partial charge < -0.3 is 5.32 Å². The van der Waals surface area contributed by atoms with Crippen molar-refractivity contribution in [2.75, 3.05) is 5.32 Å². The Morgan fingerprint density at radius 2 is 2.00 bits per heavy atom. The maximum absolute atomic E-state index is 12.6. The lowest BCUT2D eigenvalue weighted by molar-refractivity contribution is 0.102. The van der Waals surface area contributed by atoms with Crippen LogP contribution in [0, 0.1) is 6.92 Å². The van der Waals surface area contributed by atoms with E-state index in [-0.39, 0.29) is 5.91 Å². The highest BCUT2D eigenvalue weighted by molar-refractivity contribution is 6.04. The minimum atomic E-state index is -0.158. The van der Waals surface area contributed by atoms with Gasteiger partial charge in [0.05, 0.1) is 29.7 Å². The van der Waals surface area contributed by atoms with E-state index >= 15 is 0 Å². The number of benzene rings is 1. The van der Waals surface area contributed by atoms with E-state index in [1.54, 1.807) is 10.9 Å². The van der Waals surface area contributed by atoms with E-state index in [4.69, 9.17) is 0 Å². The van der Waals surface area contributed by atoms with E-state index in [9.17, 15) is 4.79 Å². The van der Waals surface area contributed by atoms with E-state index in [1.807, 2.05) is 49.8 Å². The van der Waals surface area contributed by atoms with Crippen LogP contribution in [-0.4, -0.2) is 25.5 Å². The summed E-state index contributed by atoms with van der Waals surface area (Å²) in [7, 11) is 1.81. The van der Waals surface area contributed by atoms with Crippen molar-refractivity contribution < 1.29 is 4.79 Å². The molecule has 0 saturated carbocycles. The molecule has 0 spiro atoms.